The summed E-state index contributed by atoms with van der Waals surface area (Å²) in [7, 11) is 0. The van der Waals surface area contributed by atoms with E-state index in [1.165, 1.54) is 0 Å². The molecule has 6 heteroatoms. The van der Waals surface area contributed by atoms with Crippen LogP contribution >= 0.6 is 0 Å². The van der Waals surface area contributed by atoms with Crippen LogP contribution in [-0.4, -0.2) is 9.13 Å². The maximum atomic E-state index is 11.0. The van der Waals surface area contributed by atoms with Gasteiger partial charge in [-0.3, -0.25) is 0 Å². The van der Waals surface area contributed by atoms with Crippen molar-refractivity contribution in [2.24, 2.45) is 0 Å². The van der Waals surface area contributed by atoms with Crippen molar-refractivity contribution in [3.05, 3.63) is 144 Å². The molecule has 0 radical (unpaired) electrons. The van der Waals surface area contributed by atoms with Gasteiger partial charge >= 0.3 is 0 Å². The van der Waals surface area contributed by atoms with Gasteiger partial charge in [0.2, 0.25) is 0 Å². The molecule has 0 bridgehead atoms. The smallest absolute Gasteiger partial charge is 0.104 e. The van der Waals surface area contributed by atoms with E-state index < -0.39 is 0 Å². The van der Waals surface area contributed by atoms with Gasteiger partial charge in [-0.2, -0.15) is 21.0 Å². The van der Waals surface area contributed by atoms with Crippen molar-refractivity contribution >= 4 is 43.6 Å². The van der Waals surface area contributed by atoms with Crippen LogP contribution in [0.5, 0.6) is 0 Å². The van der Waals surface area contributed by atoms with Crippen LogP contribution in [0.25, 0.3) is 66.1 Å². The summed E-state index contributed by atoms with van der Waals surface area (Å²) < 4.78 is 4.11. The molecule has 0 saturated carbocycles. The van der Waals surface area contributed by atoms with Crippen molar-refractivity contribution < 1.29 is 0 Å². The van der Waals surface area contributed by atoms with Crippen molar-refractivity contribution in [3.63, 3.8) is 0 Å². The predicted molar refractivity (Wildman–Crippen MR) is 179 cm³/mol. The maximum Gasteiger partial charge on any atom is 0.104 e. The number of rotatable bonds is 3. The van der Waals surface area contributed by atoms with Crippen molar-refractivity contribution in [1.82, 2.24) is 9.13 Å². The molecule has 6 nitrogen and oxygen atoms in total. The number of aromatic nitrogens is 2. The number of benzene rings is 6. The average molecular weight is 585 g/mol. The molecule has 0 amide bonds. The van der Waals surface area contributed by atoms with Crippen molar-refractivity contribution in [2.75, 3.05) is 0 Å². The van der Waals surface area contributed by atoms with Crippen molar-refractivity contribution in [2.45, 2.75) is 0 Å². The normalized spacial score (nSPS) is 11.0. The molecule has 0 aliphatic rings. The lowest BCUT2D eigenvalue weighted by molar-refractivity contribution is 1.12. The highest BCUT2D eigenvalue weighted by molar-refractivity contribution is 6.11. The summed E-state index contributed by atoms with van der Waals surface area (Å²) in [6.07, 6.45) is 0. The summed E-state index contributed by atoms with van der Waals surface area (Å²) in [5.74, 6) is 0. The summed E-state index contributed by atoms with van der Waals surface area (Å²) in [4.78, 5) is 0. The number of hydrogen-bond donors (Lipinski definition) is 0. The van der Waals surface area contributed by atoms with Crippen LogP contribution in [0.4, 0.5) is 0 Å². The lowest BCUT2D eigenvalue weighted by Gasteiger charge is -2.18. The second-order valence-electron chi connectivity index (χ2n) is 11.1. The van der Waals surface area contributed by atoms with Gasteiger partial charge in [0.25, 0.3) is 0 Å². The molecule has 8 rings (SSSR count). The van der Waals surface area contributed by atoms with Crippen LogP contribution in [0.15, 0.2) is 121 Å². The molecule has 0 atom stereocenters. The molecular formula is C40H20N6. The lowest BCUT2D eigenvalue weighted by atomic mass is 9.98. The summed E-state index contributed by atoms with van der Waals surface area (Å²) in [6.45, 7) is 0. The summed E-state index contributed by atoms with van der Waals surface area (Å²) >= 11 is 0. The highest BCUT2D eigenvalue weighted by atomic mass is 15.0. The zero-order valence-corrected chi connectivity index (χ0v) is 24.2. The monoisotopic (exact) mass is 584 g/mol. The molecule has 6 aromatic carbocycles. The standard InChI is InChI=1S/C40H20N6/c41-21-25-6-5-7-28(16-25)29-19-39(45-35-10-3-1-8-30(35)32-14-12-26(22-42)17-37(32)45)34(24-44)40(20-29)46-36-11-4-2-9-31(36)33-15-13-27(23-43)18-38(33)46/h1-20H. The van der Waals surface area contributed by atoms with E-state index in [0.29, 0.717) is 33.6 Å². The highest BCUT2D eigenvalue weighted by Gasteiger charge is 2.22. The van der Waals surface area contributed by atoms with E-state index in [-0.39, 0.29) is 0 Å². The number of nitrogens with zero attached hydrogens (tertiary/aromatic N) is 6. The second-order valence-corrected chi connectivity index (χ2v) is 11.1. The minimum Gasteiger partial charge on any atom is -0.308 e. The number of nitriles is 4. The lowest BCUT2D eigenvalue weighted by Crippen LogP contribution is -2.05. The van der Waals surface area contributed by atoms with Crippen LogP contribution in [0.1, 0.15) is 22.3 Å². The quantitative estimate of drug-likeness (QED) is 0.207. The predicted octanol–water partition coefficient (Wildman–Crippen LogP) is 9.03. The number of hydrogen-bond acceptors (Lipinski definition) is 4. The third-order valence-corrected chi connectivity index (χ3v) is 8.62. The Morgan fingerprint density at radius 1 is 0.370 bits per heavy atom. The van der Waals surface area contributed by atoms with Gasteiger partial charge < -0.3 is 9.13 Å². The molecule has 2 heterocycles. The summed E-state index contributed by atoms with van der Waals surface area (Å²) in [5, 5.41) is 44.3. The number of para-hydroxylation sites is 2. The first kappa shape index (κ1) is 26.5. The molecule has 0 fully saturated rings. The van der Waals surface area contributed by atoms with Gasteiger partial charge in [0.15, 0.2) is 0 Å². The molecule has 46 heavy (non-hydrogen) atoms. The van der Waals surface area contributed by atoms with Gasteiger partial charge in [-0.25, -0.2) is 0 Å². The first-order valence-electron chi connectivity index (χ1n) is 14.6. The minimum absolute atomic E-state index is 0.426. The van der Waals surface area contributed by atoms with Gasteiger partial charge in [-0.1, -0.05) is 60.7 Å². The molecule has 0 saturated heterocycles. The fourth-order valence-corrected chi connectivity index (χ4v) is 6.61. The molecule has 0 aliphatic heterocycles. The Bertz CT molecular complexity index is 2600. The maximum absolute atomic E-state index is 11.0. The Kier molecular flexibility index (Phi) is 5.91. The second kappa shape index (κ2) is 10.3. The Labute approximate surface area is 263 Å². The third-order valence-electron chi connectivity index (χ3n) is 8.62. The average Bonchev–Trinajstić information content (AvgIpc) is 3.62. The van der Waals surface area contributed by atoms with E-state index in [1.54, 1.807) is 6.07 Å². The molecular weight excluding hydrogens is 564 g/mol. The van der Waals surface area contributed by atoms with Crippen LogP contribution in [0.3, 0.4) is 0 Å². The first-order chi connectivity index (χ1) is 22.6. The molecule has 0 unspecified atom stereocenters. The molecule has 8 aromatic rings. The molecule has 210 valence electrons. The number of fused-ring (bicyclic) bond motifs is 6. The van der Waals surface area contributed by atoms with Crippen LogP contribution < -0.4 is 0 Å². The van der Waals surface area contributed by atoms with Crippen LogP contribution in [-0.2, 0) is 0 Å². The molecule has 0 N–H and O–H groups in total. The van der Waals surface area contributed by atoms with E-state index >= 15 is 0 Å². The third kappa shape index (κ3) is 3.86. The molecule has 2 aromatic heterocycles. The highest BCUT2D eigenvalue weighted by Crippen LogP contribution is 2.40. The molecule has 0 aliphatic carbocycles. The van der Waals surface area contributed by atoms with Gasteiger partial charge in [0.05, 0.1) is 68.3 Å². The fourth-order valence-electron chi connectivity index (χ4n) is 6.61. The van der Waals surface area contributed by atoms with Gasteiger partial charge in [-0.15, -0.1) is 0 Å². The fraction of sp³-hybridized carbons (Fsp3) is 0. The topological polar surface area (TPSA) is 105 Å². The summed E-state index contributed by atoms with van der Waals surface area (Å²) in [6, 6.07) is 48.0. The van der Waals surface area contributed by atoms with Crippen molar-refractivity contribution in [3.8, 4) is 46.8 Å². The van der Waals surface area contributed by atoms with E-state index in [1.807, 2.05) is 115 Å². The van der Waals surface area contributed by atoms with Crippen LogP contribution in [0, 0.1) is 45.3 Å². The van der Waals surface area contributed by atoms with Gasteiger partial charge in [-0.05, 0) is 71.8 Å². The Morgan fingerprint density at radius 3 is 1.35 bits per heavy atom. The Morgan fingerprint density at radius 2 is 0.848 bits per heavy atom. The zero-order chi connectivity index (χ0) is 31.4. The molecule has 0 spiro atoms. The van der Waals surface area contributed by atoms with E-state index in [9.17, 15) is 21.0 Å². The Balaban J connectivity index is 1.58. The zero-order valence-electron chi connectivity index (χ0n) is 24.2. The van der Waals surface area contributed by atoms with E-state index in [2.05, 4.69) is 33.4 Å². The SMILES string of the molecule is N#Cc1cccc(-c2cc(-n3c4ccccc4c4ccc(C#N)cc43)c(C#N)c(-n3c4ccccc4c4ccc(C#N)cc43)c2)c1. The summed E-state index contributed by atoms with van der Waals surface area (Å²) in [5.41, 5.74) is 8.29. The Hall–Kier alpha value is -7.12. The van der Waals surface area contributed by atoms with Crippen molar-refractivity contribution in [1.29, 1.82) is 21.0 Å². The van der Waals surface area contributed by atoms with E-state index in [0.717, 1.165) is 54.7 Å². The largest absolute Gasteiger partial charge is 0.308 e. The van der Waals surface area contributed by atoms with Crippen LogP contribution in [0.2, 0.25) is 0 Å². The minimum atomic E-state index is 0.426. The van der Waals surface area contributed by atoms with E-state index in [4.69, 9.17) is 0 Å². The van der Waals surface area contributed by atoms with Gasteiger partial charge in [0, 0.05) is 21.5 Å². The first-order valence-corrected chi connectivity index (χ1v) is 14.6. The van der Waals surface area contributed by atoms with Gasteiger partial charge in [0.1, 0.15) is 11.6 Å².